The highest BCUT2D eigenvalue weighted by Gasteiger charge is 2.08. The first-order chi connectivity index (χ1) is 7.04. The zero-order chi connectivity index (χ0) is 11.4. The van der Waals surface area contributed by atoms with Gasteiger partial charge in [-0.1, -0.05) is 0 Å². The van der Waals surface area contributed by atoms with Crippen LogP contribution in [0.2, 0.25) is 0 Å². The van der Waals surface area contributed by atoms with E-state index in [1.807, 2.05) is 6.92 Å². The maximum atomic E-state index is 11.5. The van der Waals surface area contributed by atoms with E-state index in [4.69, 9.17) is 5.73 Å². The fraction of sp³-hybridized carbons (Fsp3) is 0.400. The molecule has 1 aromatic heterocycles. The number of nitrogen functional groups attached to an aromatic ring is 1. The summed E-state index contributed by atoms with van der Waals surface area (Å²) in [7, 11) is 1.69. The lowest BCUT2D eigenvalue weighted by Gasteiger charge is -2.15. The van der Waals surface area contributed by atoms with Gasteiger partial charge in [-0.25, -0.2) is 0 Å². The number of nitrogens with two attached hydrogens (primary N) is 1. The maximum Gasteiger partial charge on any atom is 0.251 e. The van der Waals surface area contributed by atoms with E-state index in [1.54, 1.807) is 11.9 Å². The van der Waals surface area contributed by atoms with Crippen molar-refractivity contribution in [2.75, 3.05) is 19.3 Å². The van der Waals surface area contributed by atoms with Crippen LogP contribution in [0, 0.1) is 0 Å². The summed E-state index contributed by atoms with van der Waals surface area (Å²) in [6.45, 7) is 2.53. The fourth-order valence-electron chi connectivity index (χ4n) is 1.12. The van der Waals surface area contributed by atoms with Crippen LogP contribution in [0.3, 0.4) is 0 Å². The van der Waals surface area contributed by atoms with Gasteiger partial charge in [-0.15, -0.1) is 0 Å². The van der Waals surface area contributed by atoms with Crippen molar-refractivity contribution >= 4 is 11.6 Å². The topological polar surface area (TPSA) is 68.3 Å². The van der Waals surface area contributed by atoms with Crippen LogP contribution in [0.1, 0.15) is 6.92 Å². The Balaban J connectivity index is 2.85. The number of hydrogen-bond acceptors (Lipinski definition) is 3. The summed E-state index contributed by atoms with van der Waals surface area (Å²) < 4.78 is 1.31. The molecule has 5 heteroatoms. The largest absolute Gasteiger partial charge is 0.398 e. The molecule has 0 fully saturated rings. The van der Waals surface area contributed by atoms with E-state index in [1.165, 1.54) is 22.9 Å². The lowest BCUT2D eigenvalue weighted by Crippen LogP contribution is -2.33. The molecule has 0 aliphatic rings. The van der Waals surface area contributed by atoms with Crippen molar-refractivity contribution in [3.63, 3.8) is 0 Å². The van der Waals surface area contributed by atoms with Crippen LogP contribution in [0.25, 0.3) is 0 Å². The van der Waals surface area contributed by atoms with Crippen molar-refractivity contribution in [2.45, 2.75) is 13.5 Å². The number of carbonyl (C=O) groups excluding carboxylic acids is 1. The lowest BCUT2D eigenvalue weighted by molar-refractivity contribution is -0.130. The van der Waals surface area contributed by atoms with Crippen LogP contribution in [0.5, 0.6) is 0 Å². The van der Waals surface area contributed by atoms with Gasteiger partial charge in [0.25, 0.3) is 5.56 Å². The van der Waals surface area contributed by atoms with Crippen molar-refractivity contribution in [1.29, 1.82) is 0 Å². The highest BCUT2D eigenvalue weighted by atomic mass is 16.2. The first-order valence-electron chi connectivity index (χ1n) is 4.74. The van der Waals surface area contributed by atoms with Crippen molar-refractivity contribution in [3.8, 4) is 0 Å². The monoisotopic (exact) mass is 209 g/mol. The first-order valence-corrected chi connectivity index (χ1v) is 4.74. The Kier molecular flexibility index (Phi) is 3.49. The predicted octanol–water partition coefficient (Wildman–Crippen LogP) is -0.0912. The van der Waals surface area contributed by atoms with Crippen LogP contribution >= 0.6 is 0 Å². The number of amides is 1. The Bertz CT molecular complexity index is 411. The first kappa shape index (κ1) is 11.3. The van der Waals surface area contributed by atoms with Crippen LogP contribution < -0.4 is 11.3 Å². The number of anilines is 1. The van der Waals surface area contributed by atoms with Gasteiger partial charge in [0.2, 0.25) is 5.91 Å². The standard InChI is InChI=1S/C10H15N3O2/c1-3-12(2)10(15)7-13-6-8(11)4-5-9(13)14/h4-6H,3,7,11H2,1-2H3. The number of hydrogen-bond donors (Lipinski definition) is 1. The second-order valence-corrected chi connectivity index (χ2v) is 3.34. The highest BCUT2D eigenvalue weighted by molar-refractivity contribution is 5.75. The quantitative estimate of drug-likeness (QED) is 0.756. The molecule has 1 aromatic rings. The Morgan fingerprint density at radius 3 is 2.80 bits per heavy atom. The summed E-state index contributed by atoms with van der Waals surface area (Å²) in [4.78, 5) is 24.4. The molecule has 0 atom stereocenters. The van der Waals surface area contributed by atoms with Crippen molar-refractivity contribution in [2.24, 2.45) is 0 Å². The van der Waals surface area contributed by atoms with Gasteiger partial charge in [0.15, 0.2) is 0 Å². The number of rotatable bonds is 3. The average Bonchev–Trinajstić information content (AvgIpc) is 2.22. The maximum absolute atomic E-state index is 11.5. The summed E-state index contributed by atoms with van der Waals surface area (Å²) in [5.41, 5.74) is 5.78. The van der Waals surface area contributed by atoms with Gasteiger partial charge in [-0.2, -0.15) is 0 Å². The third-order valence-corrected chi connectivity index (χ3v) is 2.21. The van der Waals surface area contributed by atoms with Crippen molar-refractivity contribution in [1.82, 2.24) is 9.47 Å². The molecule has 0 aliphatic heterocycles. The molecule has 2 N–H and O–H groups in total. The van der Waals surface area contributed by atoms with Gasteiger partial charge < -0.3 is 15.2 Å². The number of nitrogens with zero attached hydrogens (tertiary/aromatic N) is 2. The molecule has 0 spiro atoms. The summed E-state index contributed by atoms with van der Waals surface area (Å²) in [5.74, 6) is -0.106. The Morgan fingerprint density at radius 1 is 1.53 bits per heavy atom. The van der Waals surface area contributed by atoms with Crippen molar-refractivity contribution in [3.05, 3.63) is 28.7 Å². The van der Waals surface area contributed by atoms with Gasteiger partial charge in [0, 0.05) is 31.5 Å². The molecule has 0 saturated carbocycles. The minimum atomic E-state index is -0.220. The minimum Gasteiger partial charge on any atom is -0.398 e. The van der Waals surface area contributed by atoms with Gasteiger partial charge in [0.05, 0.1) is 0 Å². The summed E-state index contributed by atoms with van der Waals surface area (Å²) in [6.07, 6.45) is 1.48. The van der Waals surface area contributed by atoms with Crippen LogP contribution in [0.4, 0.5) is 5.69 Å². The van der Waals surface area contributed by atoms with Gasteiger partial charge >= 0.3 is 0 Å². The third kappa shape index (κ3) is 2.83. The Hall–Kier alpha value is -1.78. The van der Waals surface area contributed by atoms with E-state index in [-0.39, 0.29) is 18.0 Å². The molecule has 1 rings (SSSR count). The molecule has 1 heterocycles. The molecular formula is C10H15N3O2. The van der Waals surface area contributed by atoms with Crippen LogP contribution in [0.15, 0.2) is 23.1 Å². The van der Waals surface area contributed by atoms with E-state index in [9.17, 15) is 9.59 Å². The molecule has 0 unspecified atom stereocenters. The molecule has 0 radical (unpaired) electrons. The number of likely N-dealkylation sites (N-methyl/N-ethyl adjacent to an activating group) is 1. The zero-order valence-electron chi connectivity index (χ0n) is 8.93. The molecule has 5 nitrogen and oxygen atoms in total. The Labute approximate surface area is 88.1 Å². The van der Waals surface area contributed by atoms with Gasteiger partial charge in [-0.3, -0.25) is 9.59 Å². The Morgan fingerprint density at radius 2 is 2.20 bits per heavy atom. The molecule has 15 heavy (non-hydrogen) atoms. The number of aromatic nitrogens is 1. The second-order valence-electron chi connectivity index (χ2n) is 3.34. The molecule has 82 valence electrons. The smallest absolute Gasteiger partial charge is 0.251 e. The summed E-state index contributed by atoms with van der Waals surface area (Å²) in [6, 6.07) is 2.88. The third-order valence-electron chi connectivity index (χ3n) is 2.21. The number of carbonyl (C=O) groups is 1. The van der Waals surface area contributed by atoms with E-state index in [0.29, 0.717) is 12.2 Å². The molecule has 1 amide bonds. The average molecular weight is 209 g/mol. The van der Waals surface area contributed by atoms with Gasteiger partial charge in [-0.05, 0) is 13.0 Å². The predicted molar refractivity (Wildman–Crippen MR) is 58.4 cm³/mol. The summed E-state index contributed by atoms with van der Waals surface area (Å²) in [5, 5.41) is 0. The number of pyridine rings is 1. The van der Waals surface area contributed by atoms with Crippen molar-refractivity contribution < 1.29 is 4.79 Å². The molecule has 0 saturated heterocycles. The van der Waals surface area contributed by atoms with Gasteiger partial charge in [0.1, 0.15) is 6.54 Å². The molecule has 0 aliphatic carbocycles. The van der Waals surface area contributed by atoms with E-state index >= 15 is 0 Å². The molecule has 0 aromatic carbocycles. The molecular weight excluding hydrogens is 194 g/mol. The van der Waals surface area contributed by atoms with Crippen LogP contribution in [-0.2, 0) is 11.3 Å². The van der Waals surface area contributed by atoms with Crippen LogP contribution in [-0.4, -0.2) is 29.0 Å². The van der Waals surface area contributed by atoms with E-state index in [0.717, 1.165) is 0 Å². The zero-order valence-corrected chi connectivity index (χ0v) is 8.93. The van der Waals surface area contributed by atoms with E-state index in [2.05, 4.69) is 0 Å². The second kappa shape index (κ2) is 4.63. The normalized spacial score (nSPS) is 10.0. The van der Waals surface area contributed by atoms with E-state index < -0.39 is 0 Å². The minimum absolute atomic E-state index is 0.0359. The SMILES string of the molecule is CCN(C)C(=O)Cn1cc(N)ccc1=O. The lowest BCUT2D eigenvalue weighted by atomic mass is 10.4. The fourth-order valence-corrected chi connectivity index (χ4v) is 1.12. The molecule has 0 bridgehead atoms. The highest BCUT2D eigenvalue weighted by Crippen LogP contribution is 1.96. The summed E-state index contributed by atoms with van der Waals surface area (Å²) >= 11 is 0.